The van der Waals surface area contributed by atoms with Crippen LogP contribution in [0, 0.1) is 22.6 Å². The van der Waals surface area contributed by atoms with Crippen molar-refractivity contribution >= 4 is 15.9 Å². The van der Waals surface area contributed by atoms with Crippen LogP contribution < -0.4 is 0 Å². The van der Waals surface area contributed by atoms with Gasteiger partial charge in [0.1, 0.15) is 5.82 Å². The first-order valence-electron chi connectivity index (χ1n) is 7.39. The van der Waals surface area contributed by atoms with Gasteiger partial charge in [-0.2, -0.15) is 0 Å². The summed E-state index contributed by atoms with van der Waals surface area (Å²) in [5.74, 6) is 0.564. The topological polar surface area (TPSA) is 9.23 Å². The normalized spacial score (nSPS) is 34.6. The van der Waals surface area contributed by atoms with Crippen molar-refractivity contribution in [2.24, 2.45) is 16.7 Å². The first kappa shape index (κ1) is 14.5. The van der Waals surface area contributed by atoms with Crippen molar-refractivity contribution in [2.75, 3.05) is 0 Å². The van der Waals surface area contributed by atoms with Crippen LogP contribution in [0.15, 0.2) is 22.7 Å². The van der Waals surface area contributed by atoms with Gasteiger partial charge < -0.3 is 4.74 Å². The predicted octanol–water partition coefficient (Wildman–Crippen LogP) is 5.32. The van der Waals surface area contributed by atoms with Crippen molar-refractivity contribution in [1.82, 2.24) is 0 Å². The third-order valence-corrected chi connectivity index (χ3v) is 6.55. The van der Waals surface area contributed by atoms with Gasteiger partial charge in [0.25, 0.3) is 0 Å². The molecule has 0 aliphatic heterocycles. The van der Waals surface area contributed by atoms with E-state index in [-0.39, 0.29) is 11.2 Å². The highest BCUT2D eigenvalue weighted by Crippen LogP contribution is 2.66. The Bertz CT molecular complexity index is 507. The summed E-state index contributed by atoms with van der Waals surface area (Å²) in [6.07, 6.45) is 4.04. The van der Waals surface area contributed by atoms with E-state index in [4.69, 9.17) is 4.74 Å². The van der Waals surface area contributed by atoms with Crippen LogP contribution in [0.5, 0.6) is 0 Å². The number of fused-ring (bicyclic) bond motifs is 2. The summed E-state index contributed by atoms with van der Waals surface area (Å²) in [6, 6.07) is 4.97. The van der Waals surface area contributed by atoms with Gasteiger partial charge in [-0.1, -0.05) is 36.7 Å². The van der Waals surface area contributed by atoms with Gasteiger partial charge in [-0.25, -0.2) is 4.39 Å². The van der Waals surface area contributed by atoms with E-state index in [1.807, 2.05) is 6.07 Å². The fourth-order valence-corrected chi connectivity index (χ4v) is 4.79. The Morgan fingerprint density at radius 3 is 2.60 bits per heavy atom. The molecule has 3 heteroatoms. The molecule has 0 spiro atoms. The number of benzene rings is 1. The minimum atomic E-state index is -0.211. The molecule has 3 unspecified atom stereocenters. The molecule has 3 atom stereocenters. The molecule has 1 nitrogen and oxygen atoms in total. The molecule has 2 saturated carbocycles. The number of ether oxygens (including phenoxy) is 1. The van der Waals surface area contributed by atoms with Crippen LogP contribution in [0.4, 0.5) is 4.39 Å². The summed E-state index contributed by atoms with van der Waals surface area (Å²) in [5.41, 5.74) is 1.53. The molecule has 0 amide bonds. The molecule has 0 heterocycles. The maximum atomic E-state index is 13.4. The zero-order chi connectivity index (χ0) is 14.5. The number of hydrogen-bond acceptors (Lipinski definition) is 1. The Hall–Kier alpha value is -0.410. The maximum absolute atomic E-state index is 13.4. The van der Waals surface area contributed by atoms with Gasteiger partial charge in [0.15, 0.2) is 0 Å². The molecule has 2 aliphatic carbocycles. The summed E-state index contributed by atoms with van der Waals surface area (Å²) in [6.45, 7) is 7.63. The summed E-state index contributed by atoms with van der Waals surface area (Å²) in [5, 5.41) is 0. The molecule has 0 radical (unpaired) electrons. The zero-order valence-corrected chi connectivity index (χ0v) is 14.0. The lowest BCUT2D eigenvalue weighted by Crippen LogP contribution is -2.37. The van der Waals surface area contributed by atoms with Crippen molar-refractivity contribution in [3.63, 3.8) is 0 Å². The van der Waals surface area contributed by atoms with Crippen molar-refractivity contribution < 1.29 is 9.13 Å². The molecule has 3 rings (SSSR count). The van der Waals surface area contributed by atoms with Gasteiger partial charge >= 0.3 is 0 Å². The monoisotopic (exact) mass is 340 g/mol. The highest BCUT2D eigenvalue weighted by Gasteiger charge is 2.61. The van der Waals surface area contributed by atoms with Gasteiger partial charge in [-0.15, -0.1) is 0 Å². The lowest BCUT2D eigenvalue weighted by Gasteiger charge is -2.39. The minimum absolute atomic E-state index is 0.211. The Morgan fingerprint density at radius 1 is 1.30 bits per heavy atom. The van der Waals surface area contributed by atoms with E-state index in [9.17, 15) is 4.39 Å². The second-order valence-electron chi connectivity index (χ2n) is 7.19. The Kier molecular flexibility index (Phi) is 3.49. The van der Waals surface area contributed by atoms with Crippen LogP contribution in [0.1, 0.15) is 45.6 Å². The van der Waals surface area contributed by atoms with Crippen LogP contribution in [-0.4, -0.2) is 6.10 Å². The summed E-state index contributed by atoms with van der Waals surface area (Å²) in [4.78, 5) is 0. The largest absolute Gasteiger partial charge is 0.373 e. The number of halogens is 2. The van der Waals surface area contributed by atoms with Crippen LogP contribution in [0.3, 0.4) is 0 Å². The molecular formula is C17H22BrFO. The second kappa shape index (κ2) is 4.81. The maximum Gasteiger partial charge on any atom is 0.124 e. The average Bonchev–Trinajstić information content (AvgIpc) is 2.67. The van der Waals surface area contributed by atoms with Gasteiger partial charge in [0.05, 0.1) is 12.7 Å². The molecule has 0 N–H and O–H groups in total. The molecule has 1 aromatic carbocycles. The molecule has 20 heavy (non-hydrogen) atoms. The van der Waals surface area contributed by atoms with E-state index in [1.54, 1.807) is 6.07 Å². The van der Waals surface area contributed by atoms with E-state index < -0.39 is 0 Å². The third kappa shape index (κ3) is 2.14. The lowest BCUT2D eigenvalue weighted by molar-refractivity contribution is -0.0551. The second-order valence-corrected chi connectivity index (χ2v) is 8.10. The quantitative estimate of drug-likeness (QED) is 0.723. The molecule has 1 aromatic rings. The first-order valence-corrected chi connectivity index (χ1v) is 8.19. The van der Waals surface area contributed by atoms with Crippen LogP contribution in [0.2, 0.25) is 0 Å². The fourth-order valence-electron chi connectivity index (χ4n) is 4.27. The van der Waals surface area contributed by atoms with E-state index in [0.717, 1.165) is 22.4 Å². The smallest absolute Gasteiger partial charge is 0.124 e. The number of hydrogen-bond donors (Lipinski definition) is 0. The molecule has 0 saturated heterocycles. The number of rotatable bonds is 3. The van der Waals surface area contributed by atoms with Crippen molar-refractivity contribution in [2.45, 2.75) is 52.7 Å². The van der Waals surface area contributed by atoms with E-state index in [2.05, 4.69) is 36.7 Å². The highest BCUT2D eigenvalue weighted by molar-refractivity contribution is 9.10. The van der Waals surface area contributed by atoms with Crippen LogP contribution >= 0.6 is 15.9 Å². The highest BCUT2D eigenvalue weighted by atomic mass is 79.9. The van der Waals surface area contributed by atoms with Gasteiger partial charge in [-0.05, 0) is 59.8 Å². The van der Waals surface area contributed by atoms with E-state index in [0.29, 0.717) is 18.1 Å². The minimum Gasteiger partial charge on any atom is -0.373 e. The Labute approximate surface area is 129 Å². The molecular weight excluding hydrogens is 319 g/mol. The molecule has 2 fully saturated rings. The van der Waals surface area contributed by atoms with Crippen LogP contribution in [0.25, 0.3) is 0 Å². The van der Waals surface area contributed by atoms with Gasteiger partial charge in [-0.3, -0.25) is 0 Å². The standard InChI is InChI=1S/C17H22BrFO/c1-16(2)12-4-5-17(16,3)15(8-12)20-10-11-6-13(18)9-14(19)7-11/h6-7,9,12,15H,4-5,8,10H2,1-3H3. The molecule has 110 valence electrons. The van der Waals surface area contributed by atoms with Gasteiger partial charge in [0.2, 0.25) is 0 Å². The molecule has 0 aromatic heterocycles. The van der Waals surface area contributed by atoms with Crippen molar-refractivity contribution in [3.8, 4) is 0 Å². The van der Waals surface area contributed by atoms with E-state index >= 15 is 0 Å². The fraction of sp³-hybridized carbons (Fsp3) is 0.647. The third-order valence-electron chi connectivity index (χ3n) is 6.09. The van der Waals surface area contributed by atoms with Gasteiger partial charge in [0, 0.05) is 4.47 Å². The summed E-state index contributed by atoms with van der Waals surface area (Å²) < 4.78 is 20.3. The predicted molar refractivity (Wildman–Crippen MR) is 81.9 cm³/mol. The first-order chi connectivity index (χ1) is 9.33. The Balaban J connectivity index is 1.71. The van der Waals surface area contributed by atoms with E-state index in [1.165, 1.54) is 18.9 Å². The van der Waals surface area contributed by atoms with Crippen molar-refractivity contribution in [1.29, 1.82) is 0 Å². The average molecular weight is 341 g/mol. The van der Waals surface area contributed by atoms with Crippen molar-refractivity contribution in [3.05, 3.63) is 34.1 Å². The summed E-state index contributed by atoms with van der Waals surface area (Å²) in [7, 11) is 0. The zero-order valence-electron chi connectivity index (χ0n) is 12.4. The molecule has 2 bridgehead atoms. The lowest BCUT2D eigenvalue weighted by atomic mass is 9.70. The summed E-state index contributed by atoms with van der Waals surface area (Å²) >= 11 is 3.33. The van der Waals surface area contributed by atoms with Crippen LogP contribution in [-0.2, 0) is 11.3 Å². The molecule has 2 aliphatic rings. The Morgan fingerprint density at radius 2 is 2.05 bits per heavy atom. The SMILES string of the molecule is CC1(C)C2CCC1(C)C(OCc1cc(F)cc(Br)c1)C2.